The lowest BCUT2D eigenvalue weighted by Gasteiger charge is -2.12. The quantitative estimate of drug-likeness (QED) is 0.224. The highest BCUT2D eigenvalue weighted by Gasteiger charge is 2.12. The number of rotatable bonds is 8. The van der Waals surface area contributed by atoms with E-state index in [0.717, 1.165) is 13.1 Å². The molecule has 0 amide bonds. The molecular formula is C15H23IN6O2S. The highest BCUT2D eigenvalue weighted by Crippen LogP contribution is 2.04. The van der Waals surface area contributed by atoms with Crippen LogP contribution in [-0.2, 0) is 16.6 Å². The summed E-state index contributed by atoms with van der Waals surface area (Å²) in [6, 6.07) is 7.04. The first-order valence-corrected chi connectivity index (χ1v) is 9.05. The molecule has 0 unspecified atom stereocenters. The van der Waals surface area contributed by atoms with Gasteiger partial charge in [0, 0.05) is 58.0 Å². The first-order valence-electron chi connectivity index (χ1n) is 7.57. The molecule has 2 aromatic heterocycles. The molecule has 0 aliphatic heterocycles. The van der Waals surface area contributed by atoms with Crippen molar-refractivity contribution in [2.45, 2.75) is 11.4 Å². The third-order valence-corrected chi connectivity index (χ3v) is 4.65. The van der Waals surface area contributed by atoms with E-state index in [9.17, 15) is 8.42 Å². The van der Waals surface area contributed by atoms with Crippen LogP contribution < -0.4 is 15.4 Å². The topological polar surface area (TPSA) is 100 Å². The maximum absolute atomic E-state index is 12.0. The normalized spacial score (nSPS) is 11.6. The van der Waals surface area contributed by atoms with Crippen molar-refractivity contribution < 1.29 is 8.42 Å². The Bertz CT molecular complexity index is 735. The Morgan fingerprint density at radius 3 is 2.52 bits per heavy atom. The van der Waals surface area contributed by atoms with Crippen LogP contribution >= 0.6 is 24.0 Å². The maximum Gasteiger partial charge on any atom is 0.242 e. The monoisotopic (exact) mass is 478 g/mol. The van der Waals surface area contributed by atoms with Crippen LogP contribution in [0.4, 0.5) is 0 Å². The standard InChI is InChI=1S/C15H22N6O2S.HI/c1-16-15(19-9-12-21-10-2-3-11-21)18-7-8-20-24(22,23)14-5-4-6-17-13-14;/h2-6,10-11,13,20H,7-9,12H2,1H3,(H2,16,18,19);1H. The Kier molecular flexibility index (Phi) is 9.45. The van der Waals surface area contributed by atoms with Crippen LogP contribution in [0.5, 0.6) is 0 Å². The van der Waals surface area contributed by atoms with Gasteiger partial charge in [0.05, 0.1) is 0 Å². The van der Waals surface area contributed by atoms with Gasteiger partial charge in [-0.25, -0.2) is 13.1 Å². The molecule has 0 aliphatic carbocycles. The summed E-state index contributed by atoms with van der Waals surface area (Å²) in [7, 11) is -1.86. The van der Waals surface area contributed by atoms with Gasteiger partial charge in [0.1, 0.15) is 4.90 Å². The van der Waals surface area contributed by atoms with Crippen molar-refractivity contribution in [2.24, 2.45) is 4.99 Å². The van der Waals surface area contributed by atoms with Crippen molar-refractivity contribution >= 4 is 40.0 Å². The molecule has 0 radical (unpaired) electrons. The van der Waals surface area contributed by atoms with Crippen LogP contribution in [0.25, 0.3) is 0 Å². The van der Waals surface area contributed by atoms with Gasteiger partial charge in [0.2, 0.25) is 10.0 Å². The fraction of sp³-hybridized carbons (Fsp3) is 0.333. The molecule has 2 heterocycles. The zero-order chi connectivity index (χ0) is 17.3. The number of halogens is 1. The van der Waals surface area contributed by atoms with E-state index in [1.807, 2.05) is 24.5 Å². The molecular weight excluding hydrogens is 455 g/mol. The van der Waals surface area contributed by atoms with Crippen LogP contribution in [-0.4, -0.2) is 50.6 Å². The summed E-state index contributed by atoms with van der Waals surface area (Å²) in [6.07, 6.45) is 6.83. The fourth-order valence-electron chi connectivity index (χ4n) is 2.00. The van der Waals surface area contributed by atoms with Crippen LogP contribution in [0, 0.1) is 0 Å². The van der Waals surface area contributed by atoms with Gasteiger partial charge in [0.25, 0.3) is 0 Å². The van der Waals surface area contributed by atoms with Gasteiger partial charge in [-0.15, -0.1) is 24.0 Å². The fourth-order valence-corrected chi connectivity index (χ4v) is 2.99. The predicted octanol–water partition coefficient (Wildman–Crippen LogP) is 0.645. The van der Waals surface area contributed by atoms with Gasteiger partial charge in [-0.3, -0.25) is 9.98 Å². The second kappa shape index (κ2) is 11.1. The van der Waals surface area contributed by atoms with E-state index in [1.165, 1.54) is 18.5 Å². The van der Waals surface area contributed by atoms with Crippen LogP contribution in [0.1, 0.15) is 0 Å². The van der Waals surface area contributed by atoms with E-state index in [0.29, 0.717) is 12.5 Å². The molecule has 10 heteroatoms. The van der Waals surface area contributed by atoms with Crippen LogP contribution in [0.15, 0.2) is 58.9 Å². The molecule has 8 nitrogen and oxygen atoms in total. The maximum atomic E-state index is 12.0. The summed E-state index contributed by atoms with van der Waals surface area (Å²) in [5.41, 5.74) is 0. The van der Waals surface area contributed by atoms with E-state index in [2.05, 4.69) is 29.9 Å². The van der Waals surface area contributed by atoms with Gasteiger partial charge in [-0.1, -0.05) is 0 Å². The summed E-state index contributed by atoms with van der Waals surface area (Å²) in [6.45, 7) is 2.20. The van der Waals surface area contributed by atoms with E-state index < -0.39 is 10.0 Å². The largest absolute Gasteiger partial charge is 0.355 e. The third kappa shape index (κ3) is 7.40. The molecule has 2 rings (SSSR count). The predicted molar refractivity (Wildman–Crippen MR) is 109 cm³/mol. The molecule has 25 heavy (non-hydrogen) atoms. The highest BCUT2D eigenvalue weighted by molar-refractivity contribution is 14.0. The van der Waals surface area contributed by atoms with Crippen molar-refractivity contribution in [1.82, 2.24) is 24.9 Å². The zero-order valence-corrected chi connectivity index (χ0v) is 17.1. The number of hydrogen-bond donors (Lipinski definition) is 3. The molecule has 0 bridgehead atoms. The van der Waals surface area contributed by atoms with E-state index in [-0.39, 0.29) is 35.4 Å². The summed E-state index contributed by atoms with van der Waals surface area (Å²) >= 11 is 0. The minimum Gasteiger partial charge on any atom is -0.355 e. The summed E-state index contributed by atoms with van der Waals surface area (Å²) in [4.78, 5) is 8.06. The zero-order valence-electron chi connectivity index (χ0n) is 13.9. The van der Waals surface area contributed by atoms with Crippen molar-refractivity contribution in [3.8, 4) is 0 Å². The molecule has 0 saturated heterocycles. The van der Waals surface area contributed by atoms with E-state index in [4.69, 9.17) is 0 Å². The Hall–Kier alpha value is -1.66. The first kappa shape index (κ1) is 21.4. The highest BCUT2D eigenvalue weighted by atomic mass is 127. The van der Waals surface area contributed by atoms with Gasteiger partial charge in [-0.05, 0) is 24.3 Å². The molecule has 0 aliphatic rings. The minimum absolute atomic E-state index is 0. The SMILES string of the molecule is CN=C(NCCNS(=O)(=O)c1cccnc1)NCCn1cccc1.I. The average molecular weight is 478 g/mol. The number of hydrogen-bond acceptors (Lipinski definition) is 4. The molecule has 0 fully saturated rings. The smallest absolute Gasteiger partial charge is 0.242 e. The molecule has 0 atom stereocenters. The van der Waals surface area contributed by atoms with Crippen molar-refractivity contribution in [1.29, 1.82) is 0 Å². The molecule has 0 saturated carbocycles. The Morgan fingerprint density at radius 1 is 1.16 bits per heavy atom. The molecule has 2 aromatic rings. The number of nitrogens with one attached hydrogen (secondary N) is 3. The summed E-state index contributed by atoms with van der Waals surface area (Å²) in [5.74, 6) is 0.628. The number of aromatic nitrogens is 2. The number of sulfonamides is 1. The van der Waals surface area contributed by atoms with Crippen LogP contribution in [0.2, 0.25) is 0 Å². The van der Waals surface area contributed by atoms with Crippen molar-refractivity contribution in [3.05, 3.63) is 49.1 Å². The first-order chi connectivity index (χ1) is 11.6. The van der Waals surface area contributed by atoms with Crippen LogP contribution in [0.3, 0.4) is 0 Å². The minimum atomic E-state index is -3.53. The Balaban J connectivity index is 0.00000312. The number of pyridine rings is 1. The molecule has 138 valence electrons. The Labute approximate surface area is 165 Å². The lowest BCUT2D eigenvalue weighted by molar-refractivity contribution is 0.580. The lowest BCUT2D eigenvalue weighted by Crippen LogP contribution is -2.42. The Morgan fingerprint density at radius 2 is 1.88 bits per heavy atom. The average Bonchev–Trinajstić information content (AvgIpc) is 3.11. The molecule has 3 N–H and O–H groups in total. The number of guanidine groups is 1. The molecule has 0 aromatic carbocycles. The van der Waals surface area contributed by atoms with Gasteiger partial charge < -0.3 is 15.2 Å². The second-order valence-electron chi connectivity index (χ2n) is 4.93. The number of nitrogens with zero attached hydrogens (tertiary/aromatic N) is 3. The van der Waals surface area contributed by atoms with E-state index in [1.54, 1.807) is 13.1 Å². The summed E-state index contributed by atoms with van der Waals surface area (Å²) in [5, 5.41) is 6.23. The van der Waals surface area contributed by atoms with Gasteiger partial charge in [0.15, 0.2) is 5.96 Å². The molecule has 0 spiro atoms. The van der Waals surface area contributed by atoms with Crippen molar-refractivity contribution in [3.63, 3.8) is 0 Å². The summed E-state index contributed by atoms with van der Waals surface area (Å²) < 4.78 is 28.6. The van der Waals surface area contributed by atoms with Crippen molar-refractivity contribution in [2.75, 3.05) is 26.7 Å². The lowest BCUT2D eigenvalue weighted by atomic mass is 10.5. The van der Waals surface area contributed by atoms with E-state index >= 15 is 0 Å². The second-order valence-corrected chi connectivity index (χ2v) is 6.70. The van der Waals surface area contributed by atoms with Gasteiger partial charge >= 0.3 is 0 Å². The van der Waals surface area contributed by atoms with Gasteiger partial charge in [-0.2, -0.15) is 0 Å². The number of aliphatic imine (C=N–C) groups is 1. The third-order valence-electron chi connectivity index (χ3n) is 3.21.